The number of carbonyl (C=O) groups excluding carboxylic acids is 2. The number of para-hydroxylation sites is 1. The van der Waals surface area contributed by atoms with Crippen LogP contribution in [0.2, 0.25) is 5.02 Å². The summed E-state index contributed by atoms with van der Waals surface area (Å²) in [5.41, 5.74) is 3.05. The van der Waals surface area contributed by atoms with Gasteiger partial charge in [-0.1, -0.05) is 43.6 Å². The number of carbonyl (C=O) groups is 2. The van der Waals surface area contributed by atoms with Gasteiger partial charge in [0.15, 0.2) is 12.1 Å². The van der Waals surface area contributed by atoms with Gasteiger partial charge >= 0.3 is 0 Å². The lowest BCUT2D eigenvalue weighted by molar-refractivity contribution is -0.104. The molecule has 3 nitrogen and oxygen atoms in total. The largest absolute Gasteiger partial charge is 0.346 e. The number of halogens is 1. The normalized spacial score (nSPS) is 17.4. The third kappa shape index (κ3) is 2.45. The molecule has 0 radical (unpaired) electrons. The summed E-state index contributed by atoms with van der Waals surface area (Å²) in [6, 6.07) is 14.6. The van der Waals surface area contributed by atoms with Crippen LogP contribution in [0, 0.1) is 0 Å². The molecule has 0 amide bonds. The zero-order valence-electron chi connectivity index (χ0n) is 13.8. The van der Waals surface area contributed by atoms with Crippen LogP contribution in [0.3, 0.4) is 0 Å². The minimum Gasteiger partial charge on any atom is -0.346 e. The lowest BCUT2D eigenvalue weighted by atomic mass is 9.81. The Bertz CT molecular complexity index is 850. The van der Waals surface area contributed by atoms with Crippen LogP contribution in [0.25, 0.3) is 0 Å². The third-order valence-electron chi connectivity index (χ3n) is 4.59. The van der Waals surface area contributed by atoms with Gasteiger partial charge in [0, 0.05) is 34.4 Å². The molecule has 4 heteroatoms. The highest BCUT2D eigenvalue weighted by molar-refractivity contribution is 6.31. The zero-order valence-corrected chi connectivity index (χ0v) is 14.6. The van der Waals surface area contributed by atoms with Gasteiger partial charge in [-0.05, 0) is 35.9 Å². The Labute approximate surface area is 146 Å². The molecular weight excluding hydrogens is 322 g/mol. The molecule has 1 heterocycles. The van der Waals surface area contributed by atoms with Crippen LogP contribution in [0.4, 0.5) is 5.69 Å². The molecule has 1 aliphatic rings. The quantitative estimate of drug-likeness (QED) is 0.273. The number of ketones is 1. The van der Waals surface area contributed by atoms with Crippen molar-refractivity contribution in [3.8, 4) is 0 Å². The van der Waals surface area contributed by atoms with Crippen molar-refractivity contribution in [3.05, 3.63) is 76.0 Å². The van der Waals surface area contributed by atoms with E-state index in [1.807, 2.05) is 50.1 Å². The van der Waals surface area contributed by atoms with E-state index >= 15 is 0 Å². The molecule has 0 atom stereocenters. The number of hydrogen-bond acceptors (Lipinski definition) is 3. The van der Waals surface area contributed by atoms with Crippen LogP contribution >= 0.6 is 11.6 Å². The second-order valence-corrected chi connectivity index (χ2v) is 6.85. The predicted molar refractivity (Wildman–Crippen MR) is 96.7 cm³/mol. The van der Waals surface area contributed by atoms with Gasteiger partial charge in [0.1, 0.15) is 0 Å². The van der Waals surface area contributed by atoms with Crippen LogP contribution in [0.1, 0.15) is 29.8 Å². The highest BCUT2D eigenvalue weighted by Crippen LogP contribution is 2.47. The fourth-order valence-corrected chi connectivity index (χ4v) is 3.58. The Kier molecular flexibility index (Phi) is 4.06. The minimum absolute atomic E-state index is 0.182. The third-order valence-corrected chi connectivity index (χ3v) is 4.84. The number of Topliss-reactive ketones (excluding diaryl/α,β-unsaturated/α-hetero) is 1. The van der Waals surface area contributed by atoms with Gasteiger partial charge in [0.2, 0.25) is 0 Å². The van der Waals surface area contributed by atoms with Crippen LogP contribution in [0.5, 0.6) is 0 Å². The van der Waals surface area contributed by atoms with Gasteiger partial charge in [-0.2, -0.15) is 0 Å². The number of fused-ring (bicyclic) bond motifs is 1. The molecule has 0 N–H and O–H groups in total. The van der Waals surface area contributed by atoms with E-state index in [0.29, 0.717) is 16.9 Å². The van der Waals surface area contributed by atoms with Gasteiger partial charge in [0.05, 0.1) is 5.57 Å². The monoisotopic (exact) mass is 339 g/mol. The summed E-state index contributed by atoms with van der Waals surface area (Å²) in [4.78, 5) is 26.7. The van der Waals surface area contributed by atoms with Gasteiger partial charge in [-0.15, -0.1) is 0 Å². The highest BCUT2D eigenvalue weighted by atomic mass is 35.5. The zero-order chi connectivity index (χ0) is 17.5. The lowest BCUT2D eigenvalue weighted by Gasteiger charge is -2.26. The van der Waals surface area contributed by atoms with Gasteiger partial charge in [0.25, 0.3) is 0 Å². The van der Waals surface area contributed by atoms with E-state index in [0.717, 1.165) is 16.9 Å². The first kappa shape index (κ1) is 16.5. The maximum Gasteiger partial charge on any atom is 0.198 e. The fraction of sp³-hybridized carbons (Fsp3) is 0.200. The van der Waals surface area contributed by atoms with Crippen molar-refractivity contribution in [2.45, 2.75) is 19.3 Å². The Morgan fingerprint density at radius 3 is 2.29 bits per heavy atom. The molecule has 3 rings (SSSR count). The Balaban J connectivity index is 2.17. The predicted octanol–water partition coefficient (Wildman–Crippen LogP) is 4.40. The average molecular weight is 340 g/mol. The standard InChI is InChI=1S/C20H18ClNO2/c1-20(2)16-6-4-5-7-17(16)22(3)19(20)15(12-23)18(24)13-8-10-14(21)11-9-13/h4-12H,1-3H3/b19-15-. The van der Waals surface area contributed by atoms with E-state index in [1.54, 1.807) is 24.3 Å². The van der Waals surface area contributed by atoms with E-state index in [4.69, 9.17) is 11.6 Å². The summed E-state index contributed by atoms with van der Waals surface area (Å²) in [7, 11) is 1.89. The number of benzene rings is 2. The number of rotatable bonds is 3. The molecule has 0 spiro atoms. The number of hydrogen-bond donors (Lipinski definition) is 0. The van der Waals surface area contributed by atoms with Crippen LogP contribution in [-0.2, 0) is 10.2 Å². The maximum atomic E-state index is 12.9. The first-order valence-corrected chi connectivity index (χ1v) is 8.09. The van der Waals surface area contributed by atoms with E-state index in [2.05, 4.69) is 0 Å². The van der Waals surface area contributed by atoms with Crippen LogP contribution in [0.15, 0.2) is 59.8 Å². The van der Waals surface area contributed by atoms with Crippen molar-refractivity contribution in [1.29, 1.82) is 0 Å². The summed E-state index contributed by atoms with van der Waals surface area (Å²) < 4.78 is 0. The smallest absolute Gasteiger partial charge is 0.198 e. The lowest BCUT2D eigenvalue weighted by Crippen LogP contribution is -2.27. The maximum absolute atomic E-state index is 12.9. The fourth-order valence-electron chi connectivity index (χ4n) is 3.45. The molecule has 0 bridgehead atoms. The summed E-state index contributed by atoms with van der Waals surface area (Å²) in [6.07, 6.45) is 0.663. The summed E-state index contributed by atoms with van der Waals surface area (Å²) in [5.74, 6) is -0.288. The Morgan fingerprint density at radius 2 is 1.71 bits per heavy atom. The number of nitrogens with zero attached hydrogens (tertiary/aromatic N) is 1. The van der Waals surface area contributed by atoms with E-state index in [9.17, 15) is 9.59 Å². The molecule has 2 aromatic rings. The van der Waals surface area contributed by atoms with Gasteiger partial charge in [-0.3, -0.25) is 9.59 Å². The van der Waals surface area contributed by atoms with Gasteiger partial charge < -0.3 is 4.90 Å². The second kappa shape index (κ2) is 5.91. The van der Waals surface area contributed by atoms with E-state index in [-0.39, 0.29) is 11.4 Å². The van der Waals surface area contributed by atoms with Crippen molar-refractivity contribution < 1.29 is 9.59 Å². The molecular formula is C20H18ClNO2. The Hall–Kier alpha value is -2.39. The first-order chi connectivity index (χ1) is 11.4. The summed E-state index contributed by atoms with van der Waals surface area (Å²) >= 11 is 5.89. The minimum atomic E-state index is -0.427. The Morgan fingerprint density at radius 1 is 1.08 bits per heavy atom. The molecule has 0 saturated heterocycles. The summed E-state index contributed by atoms with van der Waals surface area (Å²) in [6.45, 7) is 4.06. The molecule has 1 aliphatic heterocycles. The van der Waals surface area contributed by atoms with Crippen molar-refractivity contribution in [2.24, 2.45) is 0 Å². The highest BCUT2D eigenvalue weighted by Gasteiger charge is 2.41. The molecule has 0 fully saturated rings. The summed E-state index contributed by atoms with van der Waals surface area (Å²) in [5, 5.41) is 0.553. The van der Waals surface area contributed by atoms with E-state index in [1.165, 1.54) is 0 Å². The average Bonchev–Trinajstić information content (AvgIpc) is 2.77. The second-order valence-electron chi connectivity index (χ2n) is 6.42. The van der Waals surface area contributed by atoms with Crippen molar-refractivity contribution in [1.82, 2.24) is 0 Å². The molecule has 0 aliphatic carbocycles. The van der Waals surface area contributed by atoms with E-state index < -0.39 is 5.41 Å². The molecule has 24 heavy (non-hydrogen) atoms. The number of likely N-dealkylation sites (N-methyl/N-ethyl adjacent to an activating group) is 1. The number of aldehydes is 1. The van der Waals surface area contributed by atoms with Crippen molar-refractivity contribution in [3.63, 3.8) is 0 Å². The number of anilines is 1. The van der Waals surface area contributed by atoms with Crippen molar-refractivity contribution >= 4 is 29.4 Å². The van der Waals surface area contributed by atoms with Crippen LogP contribution in [-0.4, -0.2) is 19.1 Å². The SMILES string of the molecule is CN1/C(=C(/C=O)C(=O)c2ccc(Cl)cc2)C(C)(C)c2ccccc21. The molecule has 0 unspecified atom stereocenters. The van der Waals surface area contributed by atoms with Crippen molar-refractivity contribution in [2.75, 3.05) is 11.9 Å². The molecule has 2 aromatic carbocycles. The van der Waals surface area contributed by atoms with Gasteiger partial charge in [-0.25, -0.2) is 0 Å². The molecule has 0 saturated carbocycles. The molecule has 122 valence electrons. The topological polar surface area (TPSA) is 37.4 Å². The molecule has 0 aromatic heterocycles. The van der Waals surface area contributed by atoms with Crippen LogP contribution < -0.4 is 4.90 Å². The number of allylic oxidation sites excluding steroid dienone is 2. The first-order valence-electron chi connectivity index (χ1n) is 7.71.